The van der Waals surface area contributed by atoms with Gasteiger partial charge in [0.25, 0.3) is 0 Å². The second-order valence-corrected chi connectivity index (χ2v) is 3.32. The highest BCUT2D eigenvalue weighted by atomic mass is 16.3. The van der Waals surface area contributed by atoms with Gasteiger partial charge >= 0.3 is 0 Å². The molecular weight excluding hydrogens is 152 g/mol. The fraction of sp³-hybridized carbons (Fsp3) is 0.500. The molecule has 0 bridgehead atoms. The van der Waals surface area contributed by atoms with E-state index in [1.807, 2.05) is 26.8 Å². The van der Waals surface area contributed by atoms with E-state index < -0.39 is 0 Å². The van der Waals surface area contributed by atoms with Gasteiger partial charge in [0, 0.05) is 5.92 Å². The SMILES string of the molecule is Cc1ccoc1CC(=O)C(C)C. The third-order valence-corrected chi connectivity index (χ3v) is 1.95. The van der Waals surface area contributed by atoms with Crippen molar-refractivity contribution in [2.45, 2.75) is 27.2 Å². The molecule has 2 nitrogen and oxygen atoms in total. The van der Waals surface area contributed by atoms with Gasteiger partial charge in [-0.25, -0.2) is 0 Å². The number of hydrogen-bond acceptors (Lipinski definition) is 2. The summed E-state index contributed by atoms with van der Waals surface area (Å²) in [4.78, 5) is 11.3. The van der Waals surface area contributed by atoms with Gasteiger partial charge < -0.3 is 4.42 Å². The van der Waals surface area contributed by atoms with Crippen LogP contribution in [-0.2, 0) is 11.2 Å². The highest BCUT2D eigenvalue weighted by molar-refractivity contribution is 5.82. The molecule has 0 atom stereocenters. The molecule has 0 saturated heterocycles. The Labute approximate surface area is 72.6 Å². The van der Waals surface area contributed by atoms with E-state index in [9.17, 15) is 4.79 Å². The maximum atomic E-state index is 11.3. The first-order chi connectivity index (χ1) is 5.61. The molecular formula is C10H14O2. The molecule has 12 heavy (non-hydrogen) atoms. The molecule has 0 aromatic carbocycles. The highest BCUT2D eigenvalue weighted by Crippen LogP contribution is 2.11. The fourth-order valence-electron chi connectivity index (χ4n) is 0.948. The van der Waals surface area contributed by atoms with Crippen LogP contribution in [0.1, 0.15) is 25.2 Å². The van der Waals surface area contributed by atoms with Crippen LogP contribution in [0, 0.1) is 12.8 Å². The van der Waals surface area contributed by atoms with Crippen molar-refractivity contribution in [1.82, 2.24) is 0 Å². The smallest absolute Gasteiger partial charge is 0.142 e. The van der Waals surface area contributed by atoms with Crippen molar-refractivity contribution in [2.75, 3.05) is 0 Å². The average molecular weight is 166 g/mol. The largest absolute Gasteiger partial charge is 0.469 e. The van der Waals surface area contributed by atoms with Gasteiger partial charge in [-0.15, -0.1) is 0 Å². The summed E-state index contributed by atoms with van der Waals surface area (Å²) >= 11 is 0. The summed E-state index contributed by atoms with van der Waals surface area (Å²) in [7, 11) is 0. The summed E-state index contributed by atoms with van der Waals surface area (Å²) in [6.07, 6.45) is 2.05. The first-order valence-corrected chi connectivity index (χ1v) is 4.17. The number of hydrogen-bond donors (Lipinski definition) is 0. The van der Waals surface area contributed by atoms with Crippen LogP contribution < -0.4 is 0 Å². The van der Waals surface area contributed by atoms with Gasteiger partial charge in [0.1, 0.15) is 11.5 Å². The molecule has 1 aromatic heterocycles. The van der Waals surface area contributed by atoms with Crippen molar-refractivity contribution in [1.29, 1.82) is 0 Å². The first-order valence-electron chi connectivity index (χ1n) is 4.17. The molecule has 1 rings (SSSR count). The number of aryl methyl sites for hydroxylation is 1. The zero-order valence-electron chi connectivity index (χ0n) is 7.76. The van der Waals surface area contributed by atoms with Gasteiger partial charge in [-0.2, -0.15) is 0 Å². The highest BCUT2D eigenvalue weighted by Gasteiger charge is 2.11. The maximum absolute atomic E-state index is 11.3. The third-order valence-electron chi connectivity index (χ3n) is 1.95. The van der Waals surface area contributed by atoms with Gasteiger partial charge in [0.15, 0.2) is 0 Å². The standard InChI is InChI=1S/C10H14O2/c1-7(2)9(11)6-10-8(3)4-5-12-10/h4-5,7H,6H2,1-3H3. The molecule has 0 aliphatic rings. The topological polar surface area (TPSA) is 30.2 Å². The Bertz CT molecular complexity index is 271. The van der Waals surface area contributed by atoms with Gasteiger partial charge in [-0.1, -0.05) is 13.8 Å². The number of carbonyl (C=O) groups excluding carboxylic acids is 1. The summed E-state index contributed by atoms with van der Waals surface area (Å²) in [5, 5.41) is 0. The Hall–Kier alpha value is -1.05. The number of Topliss-reactive ketones (excluding diaryl/α,β-unsaturated/α-hetero) is 1. The van der Waals surface area contributed by atoms with Gasteiger partial charge in [0.05, 0.1) is 12.7 Å². The van der Waals surface area contributed by atoms with Crippen LogP contribution >= 0.6 is 0 Å². The van der Waals surface area contributed by atoms with Crippen LogP contribution in [0.4, 0.5) is 0 Å². The minimum atomic E-state index is 0.0921. The number of furan rings is 1. The van der Waals surface area contributed by atoms with Crippen molar-refractivity contribution < 1.29 is 9.21 Å². The lowest BCUT2D eigenvalue weighted by molar-refractivity contribution is -0.121. The molecule has 0 aliphatic carbocycles. The molecule has 0 amide bonds. The van der Waals surface area contributed by atoms with Crippen LogP contribution in [-0.4, -0.2) is 5.78 Å². The molecule has 0 N–H and O–H groups in total. The second-order valence-electron chi connectivity index (χ2n) is 3.32. The normalized spacial score (nSPS) is 10.7. The Balaban J connectivity index is 2.64. The van der Waals surface area contributed by atoms with Crippen molar-refractivity contribution in [2.24, 2.45) is 5.92 Å². The summed E-state index contributed by atoms with van der Waals surface area (Å²) in [6, 6.07) is 1.88. The molecule has 0 spiro atoms. The predicted octanol–water partition coefficient (Wildman–Crippen LogP) is 2.36. The van der Waals surface area contributed by atoms with Crippen LogP contribution in [0.15, 0.2) is 16.7 Å². The Morgan fingerprint density at radius 2 is 2.25 bits per heavy atom. The van der Waals surface area contributed by atoms with Crippen molar-refractivity contribution in [3.05, 3.63) is 23.7 Å². The van der Waals surface area contributed by atoms with E-state index in [4.69, 9.17) is 4.42 Å². The molecule has 0 aliphatic heterocycles. The van der Waals surface area contributed by atoms with Crippen molar-refractivity contribution >= 4 is 5.78 Å². The molecule has 1 heterocycles. The summed E-state index contributed by atoms with van der Waals surface area (Å²) in [6.45, 7) is 5.76. The first kappa shape index (κ1) is 9.04. The third kappa shape index (κ3) is 1.97. The maximum Gasteiger partial charge on any atom is 0.142 e. The van der Waals surface area contributed by atoms with E-state index in [0.717, 1.165) is 11.3 Å². The predicted molar refractivity (Wildman–Crippen MR) is 47.0 cm³/mol. The Kier molecular flexibility index (Phi) is 2.69. The van der Waals surface area contributed by atoms with E-state index in [1.165, 1.54) is 0 Å². The van der Waals surface area contributed by atoms with Crippen molar-refractivity contribution in [3.8, 4) is 0 Å². The minimum absolute atomic E-state index is 0.0921. The van der Waals surface area contributed by atoms with Crippen molar-refractivity contribution in [3.63, 3.8) is 0 Å². The van der Waals surface area contributed by atoms with Gasteiger partial charge in [0.2, 0.25) is 0 Å². The molecule has 66 valence electrons. The zero-order chi connectivity index (χ0) is 9.14. The monoisotopic (exact) mass is 166 g/mol. The molecule has 0 radical (unpaired) electrons. The van der Waals surface area contributed by atoms with E-state index in [0.29, 0.717) is 6.42 Å². The zero-order valence-corrected chi connectivity index (χ0v) is 7.76. The summed E-state index contributed by atoms with van der Waals surface area (Å²) in [5.74, 6) is 1.12. The Morgan fingerprint density at radius 1 is 1.58 bits per heavy atom. The van der Waals surface area contributed by atoms with E-state index in [2.05, 4.69) is 0 Å². The van der Waals surface area contributed by atoms with Crippen LogP contribution in [0.3, 0.4) is 0 Å². The quantitative estimate of drug-likeness (QED) is 0.690. The minimum Gasteiger partial charge on any atom is -0.469 e. The molecule has 0 saturated carbocycles. The lowest BCUT2D eigenvalue weighted by Gasteiger charge is -2.01. The summed E-state index contributed by atoms with van der Waals surface area (Å²) < 4.78 is 5.16. The van der Waals surface area contributed by atoms with Gasteiger partial charge in [-0.3, -0.25) is 4.79 Å². The molecule has 0 fully saturated rings. The molecule has 2 heteroatoms. The summed E-state index contributed by atoms with van der Waals surface area (Å²) in [5.41, 5.74) is 1.06. The number of ketones is 1. The van der Waals surface area contributed by atoms with E-state index in [1.54, 1.807) is 6.26 Å². The van der Waals surface area contributed by atoms with Crippen LogP contribution in [0.25, 0.3) is 0 Å². The molecule has 0 unspecified atom stereocenters. The van der Waals surface area contributed by atoms with Crippen LogP contribution in [0.5, 0.6) is 0 Å². The lowest BCUT2D eigenvalue weighted by atomic mass is 10.0. The van der Waals surface area contributed by atoms with E-state index >= 15 is 0 Å². The van der Waals surface area contributed by atoms with Gasteiger partial charge in [-0.05, 0) is 18.6 Å². The van der Waals surface area contributed by atoms with Crippen LogP contribution in [0.2, 0.25) is 0 Å². The average Bonchev–Trinajstić information content (AvgIpc) is 2.36. The second kappa shape index (κ2) is 3.57. The number of rotatable bonds is 3. The molecule has 1 aromatic rings. The fourth-order valence-corrected chi connectivity index (χ4v) is 0.948. The number of carbonyl (C=O) groups is 1. The van der Waals surface area contributed by atoms with E-state index in [-0.39, 0.29) is 11.7 Å². The lowest BCUT2D eigenvalue weighted by Crippen LogP contribution is -2.10. The Morgan fingerprint density at radius 3 is 2.67 bits per heavy atom.